The molecule has 4 nitrogen and oxygen atoms in total. The molecular weight excluding hydrogens is 304 g/mol. The van der Waals surface area contributed by atoms with Crippen LogP contribution in [0.2, 0.25) is 0 Å². The molecule has 1 amide bonds. The molecule has 1 N–H and O–H groups in total. The standard InChI is InChI=1S/C15H18N2O2S2/c1-19-13(12-6-3-2-4-7-12)14(18)16-8-5-10-20-15-17-9-11-21-15/h2-4,6-7,9,11,13H,5,8,10H2,1H3,(H,16,18). The lowest BCUT2D eigenvalue weighted by Gasteiger charge is -2.15. The fourth-order valence-electron chi connectivity index (χ4n) is 1.84. The van der Waals surface area contributed by atoms with Gasteiger partial charge in [0.05, 0.1) is 0 Å². The molecule has 112 valence electrons. The van der Waals surface area contributed by atoms with Gasteiger partial charge in [0.25, 0.3) is 5.91 Å². The fraction of sp³-hybridized carbons (Fsp3) is 0.333. The average Bonchev–Trinajstić information content (AvgIpc) is 3.02. The van der Waals surface area contributed by atoms with Gasteiger partial charge in [-0.05, 0) is 12.0 Å². The van der Waals surface area contributed by atoms with E-state index in [4.69, 9.17) is 4.74 Å². The van der Waals surface area contributed by atoms with E-state index >= 15 is 0 Å². The Kier molecular flexibility index (Phi) is 6.72. The summed E-state index contributed by atoms with van der Waals surface area (Å²) >= 11 is 3.35. The van der Waals surface area contributed by atoms with Gasteiger partial charge >= 0.3 is 0 Å². The second-order valence-corrected chi connectivity index (χ2v) is 6.55. The highest BCUT2D eigenvalue weighted by Crippen LogP contribution is 2.20. The molecule has 0 bridgehead atoms. The van der Waals surface area contributed by atoms with Crippen molar-refractivity contribution in [3.05, 3.63) is 47.5 Å². The summed E-state index contributed by atoms with van der Waals surface area (Å²) in [5.74, 6) is 0.847. The van der Waals surface area contributed by atoms with Crippen LogP contribution in [-0.2, 0) is 9.53 Å². The molecule has 0 radical (unpaired) electrons. The third kappa shape index (κ3) is 5.15. The van der Waals surface area contributed by atoms with Crippen LogP contribution >= 0.6 is 23.1 Å². The van der Waals surface area contributed by atoms with Crippen molar-refractivity contribution in [2.45, 2.75) is 16.9 Å². The first-order chi connectivity index (χ1) is 10.3. The number of thiazole rings is 1. The molecule has 21 heavy (non-hydrogen) atoms. The van der Waals surface area contributed by atoms with Gasteiger partial charge in [-0.3, -0.25) is 4.79 Å². The van der Waals surface area contributed by atoms with E-state index in [-0.39, 0.29) is 5.91 Å². The summed E-state index contributed by atoms with van der Waals surface area (Å²) in [6, 6.07) is 9.51. The maximum atomic E-state index is 12.1. The maximum absolute atomic E-state index is 12.1. The number of ether oxygens (including phenoxy) is 1. The van der Waals surface area contributed by atoms with Gasteiger partial charge in [-0.25, -0.2) is 4.98 Å². The first-order valence-corrected chi connectivity index (χ1v) is 8.55. The molecule has 1 heterocycles. The molecule has 0 saturated heterocycles. The van der Waals surface area contributed by atoms with E-state index in [0.717, 1.165) is 22.1 Å². The highest BCUT2D eigenvalue weighted by molar-refractivity contribution is 8.00. The van der Waals surface area contributed by atoms with Crippen LogP contribution < -0.4 is 5.32 Å². The third-order valence-electron chi connectivity index (χ3n) is 2.83. The van der Waals surface area contributed by atoms with Gasteiger partial charge in [-0.1, -0.05) is 42.1 Å². The molecule has 1 unspecified atom stereocenters. The largest absolute Gasteiger partial charge is 0.367 e. The van der Waals surface area contributed by atoms with Crippen molar-refractivity contribution in [2.24, 2.45) is 0 Å². The normalized spacial score (nSPS) is 12.0. The Bertz CT molecular complexity index is 532. The molecule has 0 aliphatic carbocycles. The van der Waals surface area contributed by atoms with Gasteiger partial charge < -0.3 is 10.1 Å². The summed E-state index contributed by atoms with van der Waals surface area (Å²) in [5.41, 5.74) is 0.870. The summed E-state index contributed by atoms with van der Waals surface area (Å²) < 4.78 is 6.36. The van der Waals surface area contributed by atoms with Crippen LogP contribution in [0.15, 0.2) is 46.2 Å². The van der Waals surface area contributed by atoms with Crippen LogP contribution in [0.25, 0.3) is 0 Å². The highest BCUT2D eigenvalue weighted by atomic mass is 32.2. The van der Waals surface area contributed by atoms with E-state index < -0.39 is 6.10 Å². The minimum atomic E-state index is -0.544. The quantitative estimate of drug-likeness (QED) is 0.599. The number of benzene rings is 1. The van der Waals surface area contributed by atoms with E-state index in [1.807, 2.05) is 35.7 Å². The van der Waals surface area contributed by atoms with Crippen molar-refractivity contribution in [3.63, 3.8) is 0 Å². The Labute approximate surface area is 132 Å². The number of rotatable bonds is 8. The van der Waals surface area contributed by atoms with Gasteiger partial charge in [0.2, 0.25) is 0 Å². The molecule has 2 aromatic rings. The van der Waals surface area contributed by atoms with Crippen LogP contribution in [0, 0.1) is 0 Å². The van der Waals surface area contributed by atoms with Gasteiger partial charge in [0.15, 0.2) is 6.10 Å². The smallest absolute Gasteiger partial charge is 0.253 e. The van der Waals surface area contributed by atoms with Gasteiger partial charge in [0.1, 0.15) is 4.34 Å². The Morgan fingerprint density at radius 3 is 2.90 bits per heavy atom. The van der Waals surface area contributed by atoms with E-state index in [1.165, 1.54) is 0 Å². The van der Waals surface area contributed by atoms with Crippen molar-refractivity contribution in [3.8, 4) is 0 Å². The average molecular weight is 322 g/mol. The van der Waals surface area contributed by atoms with Crippen LogP contribution in [0.4, 0.5) is 0 Å². The molecule has 1 atom stereocenters. The summed E-state index contributed by atoms with van der Waals surface area (Å²) in [4.78, 5) is 16.3. The third-order valence-corrected chi connectivity index (χ3v) is 4.88. The Morgan fingerprint density at radius 2 is 2.24 bits per heavy atom. The van der Waals surface area contributed by atoms with E-state index in [1.54, 1.807) is 36.4 Å². The molecule has 1 aromatic carbocycles. The van der Waals surface area contributed by atoms with Crippen LogP contribution in [0.3, 0.4) is 0 Å². The van der Waals surface area contributed by atoms with Gasteiger partial charge in [0, 0.05) is 31.0 Å². The summed E-state index contributed by atoms with van der Waals surface area (Å²) in [6.45, 7) is 0.643. The first-order valence-electron chi connectivity index (χ1n) is 6.69. The van der Waals surface area contributed by atoms with Crippen molar-refractivity contribution in [2.75, 3.05) is 19.4 Å². The van der Waals surface area contributed by atoms with E-state index in [9.17, 15) is 4.79 Å². The molecule has 6 heteroatoms. The molecule has 0 fully saturated rings. The highest BCUT2D eigenvalue weighted by Gasteiger charge is 2.18. The summed E-state index contributed by atoms with van der Waals surface area (Å²) in [6.07, 6.45) is 2.16. The first kappa shape index (κ1) is 16.0. The molecule has 0 aliphatic heterocycles. The topological polar surface area (TPSA) is 51.2 Å². The number of amides is 1. The predicted molar refractivity (Wildman–Crippen MR) is 86.7 cm³/mol. The monoisotopic (exact) mass is 322 g/mol. The minimum absolute atomic E-state index is 0.0945. The number of methoxy groups -OCH3 is 1. The number of carbonyl (C=O) groups is 1. The number of nitrogens with zero attached hydrogens (tertiary/aromatic N) is 1. The zero-order valence-electron chi connectivity index (χ0n) is 11.8. The SMILES string of the molecule is COC(C(=O)NCCCSc1nccs1)c1ccccc1. The minimum Gasteiger partial charge on any atom is -0.367 e. The molecule has 0 spiro atoms. The second kappa shape index (κ2) is 8.81. The van der Waals surface area contributed by atoms with Crippen LogP contribution in [0.1, 0.15) is 18.1 Å². The second-order valence-electron chi connectivity index (χ2n) is 4.32. The van der Waals surface area contributed by atoms with Gasteiger partial charge in [-0.15, -0.1) is 11.3 Å². The number of thioether (sulfide) groups is 1. The Morgan fingerprint density at radius 1 is 1.43 bits per heavy atom. The number of hydrogen-bond acceptors (Lipinski definition) is 5. The van der Waals surface area contributed by atoms with Crippen molar-refractivity contribution in [1.82, 2.24) is 10.3 Å². The number of hydrogen-bond donors (Lipinski definition) is 1. The van der Waals surface area contributed by atoms with Gasteiger partial charge in [-0.2, -0.15) is 0 Å². The molecular formula is C15H18N2O2S2. The Hall–Kier alpha value is -1.37. The van der Waals surface area contributed by atoms with Crippen LogP contribution in [-0.4, -0.2) is 30.3 Å². The fourth-order valence-corrected chi connectivity index (χ4v) is 3.49. The number of carbonyl (C=O) groups excluding carboxylic acids is 1. The molecule has 0 aliphatic rings. The lowest BCUT2D eigenvalue weighted by molar-refractivity contribution is -0.131. The number of nitrogens with one attached hydrogen (secondary N) is 1. The van der Waals surface area contributed by atoms with E-state index in [2.05, 4.69) is 10.3 Å². The van der Waals surface area contributed by atoms with Crippen LogP contribution in [0.5, 0.6) is 0 Å². The van der Waals surface area contributed by atoms with Crippen molar-refractivity contribution >= 4 is 29.0 Å². The zero-order chi connectivity index (χ0) is 14.9. The predicted octanol–water partition coefficient (Wildman–Crippen LogP) is 3.13. The Balaban J connectivity index is 1.70. The van der Waals surface area contributed by atoms with Crippen molar-refractivity contribution in [1.29, 1.82) is 0 Å². The lowest BCUT2D eigenvalue weighted by atomic mass is 10.1. The molecule has 2 rings (SSSR count). The maximum Gasteiger partial charge on any atom is 0.253 e. The van der Waals surface area contributed by atoms with E-state index in [0.29, 0.717) is 6.54 Å². The molecule has 1 aromatic heterocycles. The molecule has 0 saturated carbocycles. The van der Waals surface area contributed by atoms with Crippen molar-refractivity contribution < 1.29 is 9.53 Å². The zero-order valence-corrected chi connectivity index (χ0v) is 13.5. The summed E-state index contributed by atoms with van der Waals surface area (Å²) in [5, 5.41) is 4.88. The lowest BCUT2D eigenvalue weighted by Crippen LogP contribution is -2.31. The summed E-state index contributed by atoms with van der Waals surface area (Å²) in [7, 11) is 1.55. The number of aromatic nitrogens is 1.